The van der Waals surface area contributed by atoms with Crippen molar-refractivity contribution >= 4 is 15.9 Å². The first kappa shape index (κ1) is 14.9. The zero-order valence-electron chi connectivity index (χ0n) is 11.8. The summed E-state index contributed by atoms with van der Waals surface area (Å²) in [7, 11) is 3.22. The highest BCUT2D eigenvalue weighted by molar-refractivity contribution is 9.10. The number of ether oxygens (including phenoxy) is 2. The topological polar surface area (TPSA) is 62.3 Å². The molecule has 2 rings (SSSR count). The van der Waals surface area contributed by atoms with Crippen LogP contribution in [0.15, 0.2) is 28.9 Å². The molecule has 5 nitrogen and oxygen atoms in total. The molecule has 1 aromatic carbocycles. The molecule has 6 heteroatoms. The van der Waals surface area contributed by atoms with E-state index in [-0.39, 0.29) is 6.04 Å². The van der Waals surface area contributed by atoms with Gasteiger partial charge in [0, 0.05) is 6.54 Å². The van der Waals surface area contributed by atoms with Crippen molar-refractivity contribution in [3.05, 3.63) is 40.1 Å². The number of hydrogen-bond acceptors (Lipinski definition) is 4. The predicted molar refractivity (Wildman–Crippen MR) is 81.2 cm³/mol. The number of methoxy groups -OCH3 is 2. The lowest BCUT2D eigenvalue weighted by Gasteiger charge is -2.16. The van der Waals surface area contributed by atoms with Crippen molar-refractivity contribution < 1.29 is 9.47 Å². The van der Waals surface area contributed by atoms with Crippen LogP contribution in [0.2, 0.25) is 0 Å². The van der Waals surface area contributed by atoms with Gasteiger partial charge in [0.25, 0.3) is 0 Å². The molecule has 2 aromatic rings. The van der Waals surface area contributed by atoms with Gasteiger partial charge < -0.3 is 15.2 Å². The van der Waals surface area contributed by atoms with E-state index in [1.54, 1.807) is 20.4 Å². The Morgan fingerprint density at radius 1 is 1.30 bits per heavy atom. The first-order valence-electron chi connectivity index (χ1n) is 6.31. The summed E-state index contributed by atoms with van der Waals surface area (Å²) in [4.78, 5) is 0. The minimum Gasteiger partial charge on any atom is -0.493 e. The summed E-state index contributed by atoms with van der Waals surface area (Å²) in [5.41, 5.74) is 8.25. The number of nitrogens with two attached hydrogens (primary N) is 1. The molecule has 2 N–H and O–H groups in total. The lowest BCUT2D eigenvalue weighted by Crippen LogP contribution is -2.17. The van der Waals surface area contributed by atoms with Crippen molar-refractivity contribution in [1.29, 1.82) is 0 Å². The molecule has 0 spiro atoms. The molecule has 0 aliphatic carbocycles. The van der Waals surface area contributed by atoms with Crippen molar-refractivity contribution in [2.45, 2.75) is 19.5 Å². The second-order valence-electron chi connectivity index (χ2n) is 4.29. The van der Waals surface area contributed by atoms with Gasteiger partial charge in [-0.25, -0.2) is 0 Å². The molecule has 20 heavy (non-hydrogen) atoms. The Bertz CT molecular complexity index is 598. The van der Waals surface area contributed by atoms with Crippen molar-refractivity contribution in [1.82, 2.24) is 9.78 Å². The first-order chi connectivity index (χ1) is 9.62. The number of benzene rings is 1. The second kappa shape index (κ2) is 6.28. The van der Waals surface area contributed by atoms with Crippen molar-refractivity contribution in [3.8, 4) is 11.5 Å². The third kappa shape index (κ3) is 2.66. The van der Waals surface area contributed by atoms with E-state index in [9.17, 15) is 0 Å². The summed E-state index contributed by atoms with van der Waals surface area (Å²) in [5, 5.41) is 4.29. The van der Waals surface area contributed by atoms with E-state index in [2.05, 4.69) is 21.0 Å². The van der Waals surface area contributed by atoms with Gasteiger partial charge in [-0.2, -0.15) is 5.10 Å². The standard InChI is InChI=1S/C14H18BrN3O2/c1-4-18-14(10(15)8-17-18)13(16)9-5-6-11(19-2)12(7-9)20-3/h5-8,13H,4,16H2,1-3H3. The van der Waals surface area contributed by atoms with Crippen LogP contribution in [-0.4, -0.2) is 24.0 Å². The molecule has 0 aliphatic rings. The summed E-state index contributed by atoms with van der Waals surface area (Å²) in [6, 6.07) is 5.40. The molecule has 0 saturated carbocycles. The Balaban J connectivity index is 2.42. The molecule has 0 amide bonds. The fourth-order valence-corrected chi connectivity index (χ4v) is 2.68. The zero-order chi connectivity index (χ0) is 14.7. The van der Waals surface area contributed by atoms with E-state index >= 15 is 0 Å². The van der Waals surface area contributed by atoms with E-state index in [0.717, 1.165) is 22.3 Å². The maximum atomic E-state index is 6.37. The normalized spacial score (nSPS) is 12.2. The molecule has 1 atom stereocenters. The Hall–Kier alpha value is -1.53. The van der Waals surface area contributed by atoms with Crippen LogP contribution in [0.25, 0.3) is 0 Å². The van der Waals surface area contributed by atoms with Gasteiger partial charge in [0.05, 0.1) is 36.6 Å². The maximum absolute atomic E-state index is 6.37. The smallest absolute Gasteiger partial charge is 0.161 e. The van der Waals surface area contributed by atoms with E-state index in [1.807, 2.05) is 29.8 Å². The number of nitrogens with zero attached hydrogens (tertiary/aromatic N) is 2. The van der Waals surface area contributed by atoms with Crippen LogP contribution in [0.3, 0.4) is 0 Å². The van der Waals surface area contributed by atoms with Crippen LogP contribution in [-0.2, 0) is 6.54 Å². The highest BCUT2D eigenvalue weighted by atomic mass is 79.9. The number of aromatic nitrogens is 2. The van der Waals surface area contributed by atoms with Gasteiger partial charge in [0.2, 0.25) is 0 Å². The number of halogens is 1. The van der Waals surface area contributed by atoms with E-state index < -0.39 is 0 Å². The fourth-order valence-electron chi connectivity index (χ4n) is 2.14. The molecule has 0 saturated heterocycles. The third-order valence-electron chi connectivity index (χ3n) is 3.19. The maximum Gasteiger partial charge on any atom is 0.161 e. The van der Waals surface area contributed by atoms with E-state index in [4.69, 9.17) is 15.2 Å². The summed E-state index contributed by atoms with van der Waals surface area (Å²) in [6.45, 7) is 2.80. The quantitative estimate of drug-likeness (QED) is 0.909. The van der Waals surface area contributed by atoms with Gasteiger partial charge in [-0.05, 0) is 40.5 Å². The summed E-state index contributed by atoms with van der Waals surface area (Å²) >= 11 is 3.50. The van der Waals surface area contributed by atoms with Crippen LogP contribution in [0, 0.1) is 0 Å². The molecule has 0 fully saturated rings. The molecule has 0 radical (unpaired) electrons. The number of rotatable bonds is 5. The Morgan fingerprint density at radius 3 is 2.60 bits per heavy atom. The van der Waals surface area contributed by atoms with Crippen LogP contribution in [0.4, 0.5) is 0 Å². The van der Waals surface area contributed by atoms with Gasteiger partial charge >= 0.3 is 0 Å². The third-order valence-corrected chi connectivity index (χ3v) is 3.81. The molecule has 1 unspecified atom stereocenters. The minimum atomic E-state index is -0.286. The van der Waals surface area contributed by atoms with Crippen LogP contribution >= 0.6 is 15.9 Å². The molecule has 0 bridgehead atoms. The number of aryl methyl sites for hydroxylation is 1. The van der Waals surface area contributed by atoms with Crippen molar-refractivity contribution in [2.75, 3.05) is 14.2 Å². The van der Waals surface area contributed by atoms with Crippen LogP contribution < -0.4 is 15.2 Å². The average molecular weight is 340 g/mol. The van der Waals surface area contributed by atoms with Gasteiger partial charge in [-0.3, -0.25) is 4.68 Å². The molecule has 0 aliphatic heterocycles. The minimum absolute atomic E-state index is 0.286. The first-order valence-corrected chi connectivity index (χ1v) is 7.10. The molecular weight excluding hydrogens is 322 g/mol. The zero-order valence-corrected chi connectivity index (χ0v) is 13.3. The van der Waals surface area contributed by atoms with E-state index in [0.29, 0.717) is 11.5 Å². The Labute approximate surface area is 126 Å². The van der Waals surface area contributed by atoms with Gasteiger partial charge in [0.15, 0.2) is 11.5 Å². The second-order valence-corrected chi connectivity index (χ2v) is 5.14. The van der Waals surface area contributed by atoms with Gasteiger partial charge in [0.1, 0.15) is 0 Å². The monoisotopic (exact) mass is 339 g/mol. The number of hydrogen-bond donors (Lipinski definition) is 1. The average Bonchev–Trinajstić information content (AvgIpc) is 2.86. The lowest BCUT2D eigenvalue weighted by molar-refractivity contribution is 0.354. The van der Waals surface area contributed by atoms with Crippen LogP contribution in [0.1, 0.15) is 24.2 Å². The summed E-state index contributed by atoms with van der Waals surface area (Å²) < 4.78 is 13.3. The van der Waals surface area contributed by atoms with E-state index in [1.165, 1.54) is 0 Å². The summed E-state index contributed by atoms with van der Waals surface area (Å²) in [5.74, 6) is 1.35. The van der Waals surface area contributed by atoms with Crippen molar-refractivity contribution in [2.24, 2.45) is 5.73 Å². The Kier molecular flexibility index (Phi) is 4.67. The molecule has 1 aromatic heterocycles. The fraction of sp³-hybridized carbons (Fsp3) is 0.357. The predicted octanol–water partition coefficient (Wildman–Crippen LogP) is 2.73. The van der Waals surface area contributed by atoms with Crippen molar-refractivity contribution in [3.63, 3.8) is 0 Å². The molecular formula is C14H18BrN3O2. The van der Waals surface area contributed by atoms with Gasteiger partial charge in [-0.15, -0.1) is 0 Å². The Morgan fingerprint density at radius 2 is 2.00 bits per heavy atom. The SMILES string of the molecule is CCn1ncc(Br)c1C(N)c1ccc(OC)c(OC)c1. The molecule has 1 heterocycles. The largest absolute Gasteiger partial charge is 0.493 e. The van der Waals surface area contributed by atoms with Crippen LogP contribution in [0.5, 0.6) is 11.5 Å². The van der Waals surface area contributed by atoms with Gasteiger partial charge in [-0.1, -0.05) is 6.07 Å². The lowest BCUT2D eigenvalue weighted by atomic mass is 10.0. The summed E-state index contributed by atoms with van der Waals surface area (Å²) in [6.07, 6.45) is 1.76. The highest BCUT2D eigenvalue weighted by Crippen LogP contribution is 2.33. The molecule has 108 valence electrons. The highest BCUT2D eigenvalue weighted by Gasteiger charge is 2.19.